The highest BCUT2D eigenvalue weighted by Crippen LogP contribution is 2.28. The van der Waals surface area contributed by atoms with Crippen LogP contribution in [0.3, 0.4) is 0 Å². The van der Waals surface area contributed by atoms with Gasteiger partial charge in [0.05, 0.1) is 13.7 Å². The third kappa shape index (κ3) is 5.95. The lowest BCUT2D eigenvalue weighted by atomic mass is 10.1. The summed E-state index contributed by atoms with van der Waals surface area (Å²) in [7, 11) is 1.64. The molecule has 0 aliphatic rings. The second kappa shape index (κ2) is 9.23. The van der Waals surface area contributed by atoms with Crippen molar-refractivity contribution in [2.24, 2.45) is 0 Å². The predicted octanol–water partition coefficient (Wildman–Crippen LogP) is 2.94. The van der Waals surface area contributed by atoms with Crippen molar-refractivity contribution in [1.82, 2.24) is 5.32 Å². The van der Waals surface area contributed by atoms with Gasteiger partial charge < -0.3 is 14.8 Å². The zero-order valence-electron chi connectivity index (χ0n) is 12.7. The first-order valence-corrected chi connectivity index (χ1v) is 7.21. The molecule has 0 spiro atoms. The number of carbonyl (C=O) groups excluding carboxylic acids is 1. The molecule has 1 rings (SSSR count). The molecule has 4 nitrogen and oxygen atoms in total. The molecule has 1 aromatic carbocycles. The highest BCUT2D eigenvalue weighted by Gasteiger charge is 2.06. The van der Waals surface area contributed by atoms with Gasteiger partial charge in [0, 0.05) is 13.5 Å². The van der Waals surface area contributed by atoms with Gasteiger partial charge in [0.2, 0.25) is 5.91 Å². The van der Waals surface area contributed by atoms with Gasteiger partial charge in [-0.25, -0.2) is 0 Å². The summed E-state index contributed by atoms with van der Waals surface area (Å²) in [5.41, 5.74) is 1.13. The van der Waals surface area contributed by atoms with Crippen molar-refractivity contribution in [2.45, 2.75) is 39.5 Å². The van der Waals surface area contributed by atoms with Crippen LogP contribution in [0.1, 0.15) is 38.7 Å². The zero-order valence-corrected chi connectivity index (χ0v) is 12.7. The van der Waals surface area contributed by atoms with E-state index in [1.807, 2.05) is 18.2 Å². The number of carbonyl (C=O) groups is 1. The van der Waals surface area contributed by atoms with Gasteiger partial charge in [0.15, 0.2) is 11.5 Å². The van der Waals surface area contributed by atoms with Gasteiger partial charge >= 0.3 is 0 Å². The minimum atomic E-state index is -0.00505. The van der Waals surface area contributed by atoms with E-state index in [2.05, 4.69) is 12.2 Å². The summed E-state index contributed by atoms with van der Waals surface area (Å²) in [6.45, 7) is 5.04. The largest absolute Gasteiger partial charge is 0.493 e. The van der Waals surface area contributed by atoms with Crippen molar-refractivity contribution < 1.29 is 14.3 Å². The summed E-state index contributed by atoms with van der Waals surface area (Å²) < 4.78 is 11.1. The van der Waals surface area contributed by atoms with Crippen molar-refractivity contribution in [3.05, 3.63) is 23.8 Å². The number of nitrogens with one attached hydrogen (secondary N) is 1. The van der Waals surface area contributed by atoms with Crippen LogP contribution in [0.5, 0.6) is 11.5 Å². The fourth-order valence-corrected chi connectivity index (χ4v) is 1.91. The number of hydrogen-bond donors (Lipinski definition) is 1. The summed E-state index contributed by atoms with van der Waals surface area (Å²) in [6.07, 6.45) is 4.19. The summed E-state index contributed by atoms with van der Waals surface area (Å²) in [5.74, 6) is 1.53. The maximum Gasteiger partial charge on any atom is 0.216 e. The fourth-order valence-electron chi connectivity index (χ4n) is 1.91. The Morgan fingerprint density at radius 2 is 2.05 bits per heavy atom. The lowest BCUT2D eigenvalue weighted by Gasteiger charge is -2.12. The van der Waals surface area contributed by atoms with E-state index in [9.17, 15) is 4.79 Å². The molecule has 0 bridgehead atoms. The molecule has 0 radical (unpaired) electrons. The SMILES string of the molecule is CCCCCOc1cc(CCNC(C)=O)ccc1OC. The average Bonchev–Trinajstić information content (AvgIpc) is 2.43. The summed E-state index contributed by atoms with van der Waals surface area (Å²) in [4.78, 5) is 10.8. The van der Waals surface area contributed by atoms with Crippen LogP contribution < -0.4 is 14.8 Å². The Balaban J connectivity index is 2.57. The molecule has 0 saturated carbocycles. The lowest BCUT2D eigenvalue weighted by Crippen LogP contribution is -2.22. The van der Waals surface area contributed by atoms with Gasteiger partial charge in [0.25, 0.3) is 0 Å². The average molecular weight is 279 g/mol. The van der Waals surface area contributed by atoms with Crippen LogP contribution in [0.15, 0.2) is 18.2 Å². The monoisotopic (exact) mass is 279 g/mol. The van der Waals surface area contributed by atoms with Gasteiger partial charge in [-0.3, -0.25) is 4.79 Å². The number of rotatable bonds is 9. The molecule has 0 aliphatic heterocycles. The van der Waals surface area contributed by atoms with E-state index in [0.717, 1.165) is 29.9 Å². The van der Waals surface area contributed by atoms with Crippen LogP contribution in [0.4, 0.5) is 0 Å². The molecule has 112 valence electrons. The molecular formula is C16H25NO3. The van der Waals surface area contributed by atoms with E-state index in [1.165, 1.54) is 19.8 Å². The molecule has 1 aromatic rings. The second-order valence-electron chi connectivity index (χ2n) is 4.77. The van der Waals surface area contributed by atoms with Crippen molar-refractivity contribution >= 4 is 5.91 Å². The quantitative estimate of drug-likeness (QED) is 0.707. The smallest absolute Gasteiger partial charge is 0.216 e. The molecule has 1 amide bonds. The standard InChI is InChI=1S/C16H25NO3/c1-4-5-6-11-20-16-12-14(7-8-15(16)19-3)9-10-17-13(2)18/h7-8,12H,4-6,9-11H2,1-3H3,(H,17,18). The molecule has 20 heavy (non-hydrogen) atoms. The normalized spacial score (nSPS) is 10.2. The van der Waals surface area contributed by atoms with Crippen LogP contribution in [-0.2, 0) is 11.2 Å². The molecule has 0 aliphatic carbocycles. The molecule has 0 aromatic heterocycles. The van der Waals surface area contributed by atoms with E-state index in [1.54, 1.807) is 7.11 Å². The number of ether oxygens (including phenoxy) is 2. The van der Waals surface area contributed by atoms with Gasteiger partial charge in [-0.15, -0.1) is 0 Å². The van der Waals surface area contributed by atoms with Crippen molar-refractivity contribution in [1.29, 1.82) is 0 Å². The lowest BCUT2D eigenvalue weighted by molar-refractivity contribution is -0.118. The topological polar surface area (TPSA) is 47.6 Å². The molecule has 0 saturated heterocycles. The first-order chi connectivity index (χ1) is 9.67. The van der Waals surface area contributed by atoms with E-state index in [0.29, 0.717) is 13.2 Å². The number of amides is 1. The summed E-state index contributed by atoms with van der Waals surface area (Å²) in [6, 6.07) is 5.91. The maximum atomic E-state index is 10.8. The van der Waals surface area contributed by atoms with Crippen LogP contribution in [-0.4, -0.2) is 26.2 Å². The third-order valence-corrected chi connectivity index (χ3v) is 3.02. The zero-order chi connectivity index (χ0) is 14.8. The van der Waals surface area contributed by atoms with Crippen LogP contribution >= 0.6 is 0 Å². The molecule has 1 N–H and O–H groups in total. The van der Waals surface area contributed by atoms with Gasteiger partial charge in [-0.05, 0) is 30.5 Å². The number of benzene rings is 1. The summed E-state index contributed by atoms with van der Waals surface area (Å²) >= 11 is 0. The van der Waals surface area contributed by atoms with Crippen LogP contribution in [0.2, 0.25) is 0 Å². The van der Waals surface area contributed by atoms with Crippen LogP contribution in [0, 0.1) is 0 Å². The highest BCUT2D eigenvalue weighted by molar-refractivity contribution is 5.72. The molecule has 0 heterocycles. The fraction of sp³-hybridized carbons (Fsp3) is 0.562. The molecule has 0 atom stereocenters. The Morgan fingerprint density at radius 3 is 2.70 bits per heavy atom. The summed E-state index contributed by atoms with van der Waals surface area (Å²) in [5, 5.41) is 2.79. The van der Waals surface area contributed by atoms with E-state index in [-0.39, 0.29) is 5.91 Å². The van der Waals surface area contributed by atoms with E-state index < -0.39 is 0 Å². The molecular weight excluding hydrogens is 254 g/mol. The highest BCUT2D eigenvalue weighted by atomic mass is 16.5. The van der Waals surface area contributed by atoms with Gasteiger partial charge in [-0.2, -0.15) is 0 Å². The second-order valence-corrected chi connectivity index (χ2v) is 4.77. The Bertz CT molecular complexity index is 418. The molecule has 0 fully saturated rings. The van der Waals surface area contributed by atoms with Crippen molar-refractivity contribution in [3.8, 4) is 11.5 Å². The number of methoxy groups -OCH3 is 1. The number of unbranched alkanes of at least 4 members (excludes halogenated alkanes) is 2. The molecule has 0 unspecified atom stereocenters. The minimum Gasteiger partial charge on any atom is -0.493 e. The Labute approximate surface area is 121 Å². The van der Waals surface area contributed by atoms with E-state index >= 15 is 0 Å². The maximum absolute atomic E-state index is 10.8. The van der Waals surface area contributed by atoms with Crippen LogP contribution in [0.25, 0.3) is 0 Å². The van der Waals surface area contributed by atoms with Gasteiger partial charge in [-0.1, -0.05) is 25.8 Å². The Kier molecular flexibility index (Phi) is 7.55. The Hall–Kier alpha value is -1.71. The van der Waals surface area contributed by atoms with E-state index in [4.69, 9.17) is 9.47 Å². The predicted molar refractivity (Wildman–Crippen MR) is 80.4 cm³/mol. The third-order valence-electron chi connectivity index (χ3n) is 3.02. The first kappa shape index (κ1) is 16.3. The number of hydrogen-bond acceptors (Lipinski definition) is 3. The molecule has 4 heteroatoms. The van der Waals surface area contributed by atoms with Crippen molar-refractivity contribution in [2.75, 3.05) is 20.3 Å². The minimum absolute atomic E-state index is 0.00505. The first-order valence-electron chi connectivity index (χ1n) is 7.21. The Morgan fingerprint density at radius 1 is 1.25 bits per heavy atom. The van der Waals surface area contributed by atoms with Crippen molar-refractivity contribution in [3.63, 3.8) is 0 Å². The van der Waals surface area contributed by atoms with Gasteiger partial charge in [0.1, 0.15) is 0 Å².